The molecule has 10 rings (SSSR count). The van der Waals surface area contributed by atoms with E-state index in [0.29, 0.717) is 5.95 Å². The summed E-state index contributed by atoms with van der Waals surface area (Å²) in [4.78, 5) is 10.7. The van der Waals surface area contributed by atoms with Crippen LogP contribution in [-0.2, 0) is 0 Å². The second-order valence-corrected chi connectivity index (χ2v) is 12.6. The van der Waals surface area contributed by atoms with E-state index in [2.05, 4.69) is 179 Å². The Labute approximate surface area is 289 Å². The molecule has 0 spiro atoms. The first kappa shape index (κ1) is 28.3. The molecule has 10 aromatic rings. The largest absolute Gasteiger partial charge is 0.309 e. The van der Waals surface area contributed by atoms with Gasteiger partial charge in [-0.05, 0) is 53.6 Å². The van der Waals surface area contributed by atoms with Crippen LogP contribution in [0.25, 0.3) is 88.9 Å². The molecule has 0 bridgehead atoms. The minimum Gasteiger partial charge on any atom is -0.309 e. The zero-order chi connectivity index (χ0) is 33.0. The van der Waals surface area contributed by atoms with Crippen LogP contribution in [-0.4, -0.2) is 19.1 Å². The number of hydrogen-bond acceptors (Lipinski definition) is 2. The van der Waals surface area contributed by atoms with Gasteiger partial charge in [-0.2, -0.15) is 0 Å². The van der Waals surface area contributed by atoms with Gasteiger partial charge in [0.1, 0.15) is 0 Å². The van der Waals surface area contributed by atoms with E-state index in [0.717, 1.165) is 61.0 Å². The van der Waals surface area contributed by atoms with E-state index in [1.54, 1.807) is 0 Å². The number of aromatic nitrogens is 4. The molecule has 0 atom stereocenters. The van der Waals surface area contributed by atoms with Gasteiger partial charge in [-0.3, -0.25) is 4.57 Å². The second-order valence-electron chi connectivity index (χ2n) is 12.6. The first-order valence-corrected chi connectivity index (χ1v) is 16.9. The van der Waals surface area contributed by atoms with E-state index in [9.17, 15) is 0 Å². The van der Waals surface area contributed by atoms with Crippen LogP contribution in [0.5, 0.6) is 0 Å². The number of fused-ring (bicyclic) bond motifs is 7. The maximum Gasteiger partial charge on any atom is 0.235 e. The third-order valence-electron chi connectivity index (χ3n) is 9.74. The van der Waals surface area contributed by atoms with Crippen LogP contribution in [0.4, 0.5) is 0 Å². The molecular formula is C46H30N4. The second kappa shape index (κ2) is 11.4. The number of para-hydroxylation sites is 2. The molecule has 0 N–H and O–H groups in total. The van der Waals surface area contributed by atoms with Crippen molar-refractivity contribution < 1.29 is 0 Å². The van der Waals surface area contributed by atoms with Gasteiger partial charge in [0.2, 0.25) is 5.95 Å². The normalized spacial score (nSPS) is 11.6. The Hall–Kier alpha value is -6.78. The lowest BCUT2D eigenvalue weighted by molar-refractivity contribution is 0.998. The van der Waals surface area contributed by atoms with Crippen LogP contribution >= 0.6 is 0 Å². The number of rotatable bonds is 5. The maximum atomic E-state index is 5.35. The molecule has 0 amide bonds. The average Bonchev–Trinajstić information content (AvgIpc) is 3.71. The molecule has 0 aliphatic heterocycles. The predicted octanol–water partition coefficient (Wildman–Crippen LogP) is 11.7. The Kier molecular flexibility index (Phi) is 6.46. The minimum absolute atomic E-state index is 0.640. The third-order valence-corrected chi connectivity index (χ3v) is 9.74. The molecule has 0 fully saturated rings. The zero-order valence-corrected chi connectivity index (χ0v) is 27.1. The standard InChI is InChI=1S/C46H30N4/c1-5-15-31(16-6-1)34-25-27-42-38(29-34)36-26-28-43-44(37-23-13-14-24-41(37)49(43)35-21-11-4-12-22-35)45(36)50(42)46-47-39(32-17-7-2-8-18-32)30-40(48-46)33-19-9-3-10-20-33/h1-30H. The molecule has 0 aliphatic carbocycles. The van der Waals surface area contributed by atoms with Gasteiger partial charge in [-0.1, -0.05) is 140 Å². The first-order chi connectivity index (χ1) is 24.8. The molecule has 4 nitrogen and oxygen atoms in total. The summed E-state index contributed by atoms with van der Waals surface area (Å²) in [5.74, 6) is 0.640. The van der Waals surface area contributed by atoms with E-state index in [4.69, 9.17) is 9.97 Å². The Bertz CT molecular complexity index is 2780. The SMILES string of the molecule is c1ccc(-c2ccc3c(c2)c2ccc4c(c5ccccc5n4-c4ccccc4)c2n3-c2nc(-c3ccccc3)cc(-c3ccccc3)n2)cc1. The van der Waals surface area contributed by atoms with Gasteiger partial charge in [0.25, 0.3) is 0 Å². The monoisotopic (exact) mass is 638 g/mol. The van der Waals surface area contributed by atoms with Crippen molar-refractivity contribution in [3.63, 3.8) is 0 Å². The van der Waals surface area contributed by atoms with Crippen molar-refractivity contribution in [2.45, 2.75) is 0 Å². The molecule has 0 saturated carbocycles. The fraction of sp³-hybridized carbons (Fsp3) is 0. The summed E-state index contributed by atoms with van der Waals surface area (Å²) in [5, 5.41) is 4.69. The lowest BCUT2D eigenvalue weighted by Crippen LogP contribution is -2.04. The summed E-state index contributed by atoms with van der Waals surface area (Å²) in [6, 6.07) is 64.2. The first-order valence-electron chi connectivity index (χ1n) is 16.9. The zero-order valence-electron chi connectivity index (χ0n) is 27.1. The third kappa shape index (κ3) is 4.46. The lowest BCUT2D eigenvalue weighted by Gasteiger charge is -2.12. The van der Waals surface area contributed by atoms with Crippen molar-refractivity contribution in [1.82, 2.24) is 19.1 Å². The molecule has 0 radical (unpaired) electrons. The smallest absolute Gasteiger partial charge is 0.235 e. The highest BCUT2D eigenvalue weighted by atomic mass is 15.2. The Morgan fingerprint density at radius 2 is 0.880 bits per heavy atom. The maximum absolute atomic E-state index is 5.35. The molecule has 3 aromatic heterocycles. The van der Waals surface area contributed by atoms with Gasteiger partial charge in [-0.25, -0.2) is 9.97 Å². The van der Waals surface area contributed by atoms with Gasteiger partial charge in [0, 0.05) is 38.4 Å². The summed E-state index contributed by atoms with van der Waals surface area (Å²) < 4.78 is 4.67. The van der Waals surface area contributed by atoms with Crippen molar-refractivity contribution in [2.75, 3.05) is 0 Å². The fourth-order valence-electron chi connectivity index (χ4n) is 7.48. The van der Waals surface area contributed by atoms with Crippen LogP contribution < -0.4 is 0 Å². The van der Waals surface area contributed by atoms with Gasteiger partial charge in [0.05, 0.1) is 33.5 Å². The Morgan fingerprint density at radius 3 is 1.54 bits per heavy atom. The highest BCUT2D eigenvalue weighted by molar-refractivity contribution is 6.26. The Balaban J connectivity index is 1.37. The van der Waals surface area contributed by atoms with E-state index in [-0.39, 0.29) is 0 Å². The molecule has 4 heteroatoms. The molecule has 50 heavy (non-hydrogen) atoms. The topological polar surface area (TPSA) is 35.6 Å². The van der Waals surface area contributed by atoms with Crippen molar-refractivity contribution in [2.24, 2.45) is 0 Å². The molecule has 0 unspecified atom stereocenters. The highest BCUT2D eigenvalue weighted by Crippen LogP contribution is 2.43. The molecular weight excluding hydrogens is 609 g/mol. The summed E-state index contributed by atoms with van der Waals surface area (Å²) in [7, 11) is 0. The highest BCUT2D eigenvalue weighted by Gasteiger charge is 2.23. The molecule has 234 valence electrons. The van der Waals surface area contributed by atoms with Crippen LogP contribution in [0.3, 0.4) is 0 Å². The van der Waals surface area contributed by atoms with E-state index >= 15 is 0 Å². The van der Waals surface area contributed by atoms with Crippen LogP contribution in [0.15, 0.2) is 182 Å². The summed E-state index contributed by atoms with van der Waals surface area (Å²) in [6.07, 6.45) is 0. The van der Waals surface area contributed by atoms with Crippen molar-refractivity contribution >= 4 is 43.6 Å². The van der Waals surface area contributed by atoms with E-state index in [1.165, 1.54) is 21.9 Å². The van der Waals surface area contributed by atoms with Crippen molar-refractivity contribution in [1.29, 1.82) is 0 Å². The summed E-state index contributed by atoms with van der Waals surface area (Å²) >= 11 is 0. The predicted molar refractivity (Wildman–Crippen MR) is 207 cm³/mol. The van der Waals surface area contributed by atoms with Gasteiger partial charge in [-0.15, -0.1) is 0 Å². The average molecular weight is 639 g/mol. The van der Waals surface area contributed by atoms with Crippen molar-refractivity contribution in [3.8, 4) is 45.3 Å². The van der Waals surface area contributed by atoms with Crippen LogP contribution in [0.1, 0.15) is 0 Å². The number of nitrogens with zero attached hydrogens (tertiary/aromatic N) is 4. The van der Waals surface area contributed by atoms with Crippen LogP contribution in [0.2, 0.25) is 0 Å². The van der Waals surface area contributed by atoms with Gasteiger partial charge < -0.3 is 4.57 Å². The van der Waals surface area contributed by atoms with Crippen molar-refractivity contribution in [3.05, 3.63) is 182 Å². The van der Waals surface area contributed by atoms with Gasteiger partial charge >= 0.3 is 0 Å². The van der Waals surface area contributed by atoms with E-state index < -0.39 is 0 Å². The number of benzene rings is 7. The fourth-order valence-corrected chi connectivity index (χ4v) is 7.48. The molecule has 3 heterocycles. The van der Waals surface area contributed by atoms with E-state index in [1.807, 2.05) is 12.1 Å². The quantitative estimate of drug-likeness (QED) is 0.188. The summed E-state index contributed by atoms with van der Waals surface area (Å²) in [6.45, 7) is 0. The molecule has 7 aromatic carbocycles. The van der Waals surface area contributed by atoms with Gasteiger partial charge in [0.15, 0.2) is 0 Å². The molecule has 0 aliphatic rings. The molecule has 0 saturated heterocycles. The summed E-state index contributed by atoms with van der Waals surface area (Å²) in [5.41, 5.74) is 11.8. The number of hydrogen-bond donors (Lipinski definition) is 0. The van der Waals surface area contributed by atoms with Crippen LogP contribution in [0, 0.1) is 0 Å². The minimum atomic E-state index is 0.640. The Morgan fingerprint density at radius 1 is 0.340 bits per heavy atom. The lowest BCUT2D eigenvalue weighted by atomic mass is 10.0.